The van der Waals surface area contributed by atoms with E-state index in [1.807, 2.05) is 34.0 Å². The Labute approximate surface area is 468 Å². The van der Waals surface area contributed by atoms with Gasteiger partial charge in [0.1, 0.15) is 11.2 Å². The van der Waals surface area contributed by atoms with Crippen molar-refractivity contribution in [3.05, 3.63) is 267 Å². The maximum absolute atomic E-state index is 7.39. The van der Waals surface area contributed by atoms with Gasteiger partial charge in [-0.05, 0) is 123 Å². The van der Waals surface area contributed by atoms with Crippen LogP contribution < -0.4 is 30.5 Å². The van der Waals surface area contributed by atoms with Gasteiger partial charge in [-0.1, -0.05) is 170 Å². The Hall–Kier alpha value is -9.08. The van der Waals surface area contributed by atoms with Crippen LogP contribution >= 0.6 is 34.0 Å². The van der Waals surface area contributed by atoms with Gasteiger partial charge in [0, 0.05) is 101 Å². The molecule has 0 radical (unpaired) electrons. The molecule has 4 aromatic heterocycles. The average Bonchev–Trinajstić information content (AvgIpc) is 4.47. The standard InChI is InChI=1S/C72H44N2OS3Si/c1-3-16-45(17-4-1)46-30-32-48(33-31-46)73(61-25-15-23-58-55-22-9-13-28-67(55)78-72(58)61)49-34-37-52-59-43-62-71(44-64(59)75-63(52)40-49)79(50-35-38-56-53-20-7-11-26-65(53)76-68(56)41-50,51-36-39-57-54-21-8-12-27-66(54)77-69(57)42-51)70-29-14-10-24-60(70)74(62)47-18-5-2-6-19-47/h1-44H. The van der Waals surface area contributed by atoms with E-state index in [1.165, 1.54) is 104 Å². The van der Waals surface area contributed by atoms with Crippen molar-refractivity contribution in [1.29, 1.82) is 0 Å². The highest BCUT2D eigenvalue weighted by atomic mass is 32.1. The summed E-state index contributed by atoms with van der Waals surface area (Å²) in [5.41, 5.74) is 10.9. The van der Waals surface area contributed by atoms with Crippen LogP contribution in [-0.4, -0.2) is 8.07 Å². The summed E-state index contributed by atoms with van der Waals surface area (Å²) >= 11 is 5.65. The van der Waals surface area contributed by atoms with Crippen LogP contribution in [0.4, 0.5) is 34.1 Å². The molecule has 1 aliphatic rings. The van der Waals surface area contributed by atoms with E-state index in [0.29, 0.717) is 0 Å². The molecule has 17 rings (SSSR count). The Kier molecular flexibility index (Phi) is 9.94. The van der Waals surface area contributed by atoms with Crippen LogP contribution in [0.15, 0.2) is 271 Å². The second kappa shape index (κ2) is 17.5. The number of para-hydroxylation sites is 2. The number of rotatable bonds is 7. The number of furan rings is 1. The van der Waals surface area contributed by atoms with Crippen LogP contribution in [-0.2, 0) is 0 Å². The van der Waals surface area contributed by atoms with Crippen molar-refractivity contribution in [2.24, 2.45) is 0 Å². The van der Waals surface area contributed by atoms with Gasteiger partial charge in [0.15, 0.2) is 8.07 Å². The molecule has 79 heavy (non-hydrogen) atoms. The van der Waals surface area contributed by atoms with Crippen molar-refractivity contribution in [2.45, 2.75) is 0 Å². The number of fused-ring (bicyclic) bond motifs is 14. The Bertz CT molecular complexity index is 5000. The highest BCUT2D eigenvalue weighted by Gasteiger charge is 2.50. The first-order valence-electron chi connectivity index (χ1n) is 26.8. The molecule has 16 aromatic rings. The molecule has 0 atom stereocenters. The van der Waals surface area contributed by atoms with Crippen molar-refractivity contribution in [3.63, 3.8) is 0 Å². The van der Waals surface area contributed by atoms with Crippen LogP contribution in [0.5, 0.6) is 0 Å². The SMILES string of the molecule is c1ccc(-c2ccc(N(c3ccc4c(c3)oc3cc5c(cc34)N(c3ccccc3)c3ccccc3[Si]5(c3ccc4c(c3)sc3ccccc34)c3ccc4c(c3)sc3ccccc34)c3cccc4c3sc3ccccc34)cc2)cc1. The molecule has 0 aliphatic carbocycles. The fourth-order valence-electron chi connectivity index (χ4n) is 13.0. The maximum atomic E-state index is 7.39. The number of anilines is 6. The molecule has 7 heteroatoms. The highest BCUT2D eigenvalue weighted by molar-refractivity contribution is 7.28. The third-order valence-corrected chi connectivity index (χ3v) is 24.8. The van der Waals surface area contributed by atoms with Gasteiger partial charge in [0.05, 0.1) is 10.4 Å². The minimum atomic E-state index is -3.23. The predicted molar refractivity (Wildman–Crippen MR) is 344 cm³/mol. The van der Waals surface area contributed by atoms with Crippen molar-refractivity contribution in [2.75, 3.05) is 9.80 Å². The van der Waals surface area contributed by atoms with E-state index < -0.39 is 8.07 Å². The lowest BCUT2D eigenvalue weighted by atomic mass is 10.0. The smallest absolute Gasteiger partial charge is 0.184 e. The van der Waals surface area contributed by atoms with Crippen LogP contribution in [0.3, 0.4) is 0 Å². The first-order valence-corrected chi connectivity index (χ1v) is 31.2. The lowest BCUT2D eigenvalue weighted by Crippen LogP contribution is -2.77. The second-order valence-electron chi connectivity index (χ2n) is 20.7. The van der Waals surface area contributed by atoms with Crippen molar-refractivity contribution in [1.82, 2.24) is 0 Å². The van der Waals surface area contributed by atoms with E-state index >= 15 is 0 Å². The van der Waals surface area contributed by atoms with Gasteiger partial charge in [0.25, 0.3) is 0 Å². The van der Waals surface area contributed by atoms with Crippen molar-refractivity contribution in [3.8, 4) is 11.1 Å². The van der Waals surface area contributed by atoms with Gasteiger partial charge in [-0.2, -0.15) is 0 Å². The molecular weight excluding hydrogens is 1030 g/mol. The number of nitrogens with zero attached hydrogens (tertiary/aromatic N) is 2. The maximum Gasteiger partial charge on any atom is 0.184 e. The zero-order chi connectivity index (χ0) is 51.8. The van der Waals surface area contributed by atoms with Crippen molar-refractivity contribution < 1.29 is 4.42 Å². The van der Waals surface area contributed by atoms with Crippen LogP contribution in [0.1, 0.15) is 0 Å². The van der Waals surface area contributed by atoms with E-state index in [-0.39, 0.29) is 0 Å². The molecule has 0 saturated carbocycles. The summed E-state index contributed by atoms with van der Waals surface area (Å²) in [5, 5.41) is 15.3. The first kappa shape index (κ1) is 45.0. The van der Waals surface area contributed by atoms with Crippen molar-refractivity contribution >= 4 is 179 Å². The zero-order valence-corrected chi connectivity index (χ0v) is 45.9. The molecule has 0 spiro atoms. The Balaban J connectivity index is 0.932. The largest absolute Gasteiger partial charge is 0.456 e. The molecule has 370 valence electrons. The van der Waals surface area contributed by atoms with E-state index in [0.717, 1.165) is 44.7 Å². The second-order valence-corrected chi connectivity index (χ2v) is 27.7. The fraction of sp³-hybridized carbons (Fsp3) is 0. The Morgan fingerprint density at radius 2 is 0.861 bits per heavy atom. The van der Waals surface area contributed by atoms with Gasteiger partial charge >= 0.3 is 0 Å². The van der Waals surface area contributed by atoms with E-state index in [2.05, 4.69) is 277 Å². The first-order chi connectivity index (χ1) is 39.1. The lowest BCUT2D eigenvalue weighted by molar-refractivity contribution is 0.669. The van der Waals surface area contributed by atoms with Gasteiger partial charge in [-0.3, -0.25) is 0 Å². The molecule has 0 bridgehead atoms. The van der Waals surface area contributed by atoms with E-state index in [1.54, 1.807) is 0 Å². The Morgan fingerprint density at radius 1 is 0.329 bits per heavy atom. The topological polar surface area (TPSA) is 19.6 Å². The van der Waals surface area contributed by atoms with Gasteiger partial charge in [-0.25, -0.2) is 0 Å². The molecule has 0 amide bonds. The predicted octanol–water partition coefficient (Wildman–Crippen LogP) is 19.0. The molecule has 1 aliphatic heterocycles. The number of benzene rings is 12. The van der Waals surface area contributed by atoms with Crippen LogP contribution in [0.2, 0.25) is 0 Å². The fourth-order valence-corrected chi connectivity index (χ4v) is 21.8. The van der Waals surface area contributed by atoms with E-state index in [4.69, 9.17) is 4.42 Å². The molecule has 0 N–H and O–H groups in total. The summed E-state index contributed by atoms with van der Waals surface area (Å²) in [6.07, 6.45) is 0. The number of hydrogen-bond acceptors (Lipinski definition) is 6. The monoisotopic (exact) mass is 1080 g/mol. The number of hydrogen-bond donors (Lipinski definition) is 0. The van der Waals surface area contributed by atoms with Gasteiger partial charge < -0.3 is 14.2 Å². The van der Waals surface area contributed by atoms with Crippen LogP contribution in [0, 0.1) is 0 Å². The molecule has 0 fully saturated rings. The van der Waals surface area contributed by atoms with Gasteiger partial charge in [0.2, 0.25) is 0 Å². The summed E-state index contributed by atoms with van der Waals surface area (Å²) in [4.78, 5) is 4.94. The highest BCUT2D eigenvalue weighted by Crippen LogP contribution is 2.48. The van der Waals surface area contributed by atoms with Crippen LogP contribution in [0.25, 0.3) is 93.6 Å². The van der Waals surface area contributed by atoms with E-state index in [9.17, 15) is 0 Å². The normalized spacial score (nSPS) is 13.1. The lowest BCUT2D eigenvalue weighted by Gasteiger charge is -2.45. The third-order valence-electron chi connectivity index (χ3n) is 16.5. The summed E-state index contributed by atoms with van der Waals surface area (Å²) in [6, 6.07) is 99.7. The minimum absolute atomic E-state index is 0.846. The molecule has 5 heterocycles. The average molecular weight is 1080 g/mol. The molecule has 0 unspecified atom stereocenters. The number of thiophene rings is 3. The molecule has 12 aromatic carbocycles. The molecule has 3 nitrogen and oxygen atoms in total. The Morgan fingerprint density at radius 3 is 1.56 bits per heavy atom. The summed E-state index contributed by atoms with van der Waals surface area (Å²) in [5.74, 6) is 0. The summed E-state index contributed by atoms with van der Waals surface area (Å²) in [7, 11) is -3.23. The third kappa shape index (κ3) is 6.74. The summed E-state index contributed by atoms with van der Waals surface area (Å²) < 4.78 is 15.1. The molecular formula is C72H44N2OS3Si. The molecule has 0 saturated heterocycles. The zero-order valence-electron chi connectivity index (χ0n) is 42.4. The summed E-state index contributed by atoms with van der Waals surface area (Å²) in [6.45, 7) is 0. The van der Waals surface area contributed by atoms with Gasteiger partial charge in [-0.15, -0.1) is 34.0 Å². The quantitative estimate of drug-likeness (QED) is 0.148. The minimum Gasteiger partial charge on any atom is -0.456 e.